The molecule has 0 aliphatic heterocycles. The van der Waals surface area contributed by atoms with Crippen LogP contribution in [-0.2, 0) is 0 Å². The summed E-state index contributed by atoms with van der Waals surface area (Å²) < 4.78 is 1.36. The number of aromatic nitrogens is 3. The van der Waals surface area contributed by atoms with Gasteiger partial charge in [-0.05, 0) is 12.8 Å². The van der Waals surface area contributed by atoms with Crippen molar-refractivity contribution in [2.45, 2.75) is 32.6 Å². The van der Waals surface area contributed by atoms with E-state index in [0.29, 0.717) is 5.92 Å². The van der Waals surface area contributed by atoms with Crippen LogP contribution >= 0.6 is 0 Å². The van der Waals surface area contributed by atoms with Crippen LogP contribution in [-0.4, -0.2) is 20.7 Å². The number of carbonyl (C=O) groups excluding carboxylic acids is 1. The van der Waals surface area contributed by atoms with Gasteiger partial charge >= 0.3 is 0 Å². The maximum Gasteiger partial charge on any atom is 0.250 e. The van der Waals surface area contributed by atoms with Gasteiger partial charge in [0, 0.05) is 11.8 Å². The first-order chi connectivity index (χ1) is 6.18. The lowest BCUT2D eigenvalue weighted by Crippen LogP contribution is -2.17. The fourth-order valence-corrected chi connectivity index (χ4v) is 1.18. The average molecular weight is 179 g/mol. The Labute approximate surface area is 77.0 Å². The van der Waals surface area contributed by atoms with E-state index in [4.69, 9.17) is 0 Å². The molecule has 1 aromatic heterocycles. The molecule has 0 bridgehead atoms. The highest BCUT2D eigenvalue weighted by molar-refractivity contribution is 5.79. The maximum atomic E-state index is 11.5. The van der Waals surface area contributed by atoms with Gasteiger partial charge in [0.1, 0.15) is 6.33 Å². The van der Waals surface area contributed by atoms with Crippen LogP contribution in [0.5, 0.6) is 0 Å². The summed E-state index contributed by atoms with van der Waals surface area (Å²) in [7, 11) is 0. The minimum Gasteiger partial charge on any atom is -0.272 e. The molecule has 4 nitrogen and oxygen atoms in total. The quantitative estimate of drug-likeness (QED) is 0.690. The summed E-state index contributed by atoms with van der Waals surface area (Å²) in [6.07, 6.45) is 3.86. The Morgan fingerprint density at radius 2 is 2.31 bits per heavy atom. The third kappa shape index (κ3) is 1.61. The van der Waals surface area contributed by atoms with Crippen molar-refractivity contribution >= 4 is 5.91 Å². The predicted octanol–water partition coefficient (Wildman–Crippen LogP) is 1.45. The van der Waals surface area contributed by atoms with Gasteiger partial charge in [-0.3, -0.25) is 4.79 Å². The molecule has 13 heavy (non-hydrogen) atoms. The van der Waals surface area contributed by atoms with E-state index in [-0.39, 0.29) is 11.8 Å². The van der Waals surface area contributed by atoms with Crippen LogP contribution in [0.4, 0.5) is 0 Å². The summed E-state index contributed by atoms with van der Waals surface area (Å²) >= 11 is 0. The number of rotatable bonds is 2. The molecular weight excluding hydrogens is 166 g/mol. The van der Waals surface area contributed by atoms with Crippen LogP contribution in [0.25, 0.3) is 0 Å². The lowest BCUT2D eigenvalue weighted by molar-refractivity contribution is 0.0837. The smallest absolute Gasteiger partial charge is 0.250 e. The van der Waals surface area contributed by atoms with Crippen LogP contribution in [0.2, 0.25) is 0 Å². The average Bonchev–Trinajstić information content (AvgIpc) is 2.83. The van der Waals surface area contributed by atoms with E-state index >= 15 is 0 Å². The summed E-state index contributed by atoms with van der Waals surface area (Å²) in [5, 5.41) is 4.15. The van der Waals surface area contributed by atoms with Crippen molar-refractivity contribution in [1.29, 1.82) is 0 Å². The van der Waals surface area contributed by atoms with E-state index in [1.165, 1.54) is 23.9 Å². The van der Waals surface area contributed by atoms with Gasteiger partial charge in [-0.15, -0.1) is 5.10 Å². The largest absolute Gasteiger partial charge is 0.272 e. The molecule has 1 aliphatic carbocycles. The van der Waals surface area contributed by atoms with Gasteiger partial charge in [0.05, 0.1) is 0 Å². The Bertz CT molecular complexity index is 325. The molecule has 1 heterocycles. The third-order valence-corrected chi connectivity index (χ3v) is 2.17. The fourth-order valence-electron chi connectivity index (χ4n) is 1.18. The molecule has 0 aromatic carbocycles. The molecule has 1 saturated carbocycles. The molecule has 0 amide bonds. The number of hydrogen-bond donors (Lipinski definition) is 0. The molecule has 0 spiro atoms. The van der Waals surface area contributed by atoms with Crippen molar-refractivity contribution in [3.63, 3.8) is 0 Å². The zero-order chi connectivity index (χ0) is 9.42. The van der Waals surface area contributed by atoms with Crippen molar-refractivity contribution < 1.29 is 4.79 Å². The Morgan fingerprint density at radius 3 is 2.85 bits per heavy atom. The first-order valence-corrected chi connectivity index (χ1v) is 4.64. The van der Waals surface area contributed by atoms with Gasteiger partial charge < -0.3 is 0 Å². The number of hydrogen-bond acceptors (Lipinski definition) is 3. The summed E-state index contributed by atoms with van der Waals surface area (Å²) in [6, 6.07) is 0. The third-order valence-electron chi connectivity index (χ3n) is 2.17. The molecule has 1 aromatic rings. The molecule has 0 radical (unpaired) electrons. The molecule has 0 saturated heterocycles. The summed E-state index contributed by atoms with van der Waals surface area (Å²) in [5.41, 5.74) is 0. The van der Waals surface area contributed by atoms with Crippen molar-refractivity contribution in [1.82, 2.24) is 14.8 Å². The summed E-state index contributed by atoms with van der Waals surface area (Å²) in [6.45, 7) is 3.72. The van der Waals surface area contributed by atoms with Crippen LogP contribution in [0.3, 0.4) is 0 Å². The molecule has 4 heteroatoms. The zero-order valence-corrected chi connectivity index (χ0v) is 7.90. The Balaban J connectivity index is 2.16. The van der Waals surface area contributed by atoms with Crippen LogP contribution in [0.1, 0.15) is 43.2 Å². The van der Waals surface area contributed by atoms with E-state index in [1.54, 1.807) is 0 Å². The van der Waals surface area contributed by atoms with Crippen molar-refractivity contribution in [2.24, 2.45) is 5.92 Å². The molecule has 0 atom stereocenters. The zero-order valence-electron chi connectivity index (χ0n) is 7.90. The molecule has 70 valence electrons. The van der Waals surface area contributed by atoms with E-state index < -0.39 is 0 Å². The summed E-state index contributed by atoms with van der Waals surface area (Å²) in [5.74, 6) is 1.34. The van der Waals surface area contributed by atoms with E-state index in [1.807, 2.05) is 13.8 Å². The molecule has 0 unspecified atom stereocenters. The van der Waals surface area contributed by atoms with E-state index in [2.05, 4.69) is 10.1 Å². The van der Waals surface area contributed by atoms with Crippen molar-refractivity contribution in [3.8, 4) is 0 Å². The van der Waals surface area contributed by atoms with Gasteiger partial charge in [-0.2, -0.15) is 4.68 Å². The summed E-state index contributed by atoms with van der Waals surface area (Å²) in [4.78, 5) is 15.6. The van der Waals surface area contributed by atoms with Gasteiger partial charge in [-0.25, -0.2) is 4.98 Å². The SMILES string of the molecule is CC(C)C(=O)n1cnc(C2CC2)n1. The van der Waals surface area contributed by atoms with Crippen molar-refractivity contribution in [2.75, 3.05) is 0 Å². The topological polar surface area (TPSA) is 47.8 Å². The second-order valence-electron chi connectivity index (χ2n) is 3.81. The lowest BCUT2D eigenvalue weighted by atomic mass is 10.2. The van der Waals surface area contributed by atoms with Gasteiger partial charge in [0.2, 0.25) is 0 Å². The van der Waals surface area contributed by atoms with Gasteiger partial charge in [-0.1, -0.05) is 13.8 Å². The highest BCUT2D eigenvalue weighted by Crippen LogP contribution is 2.37. The monoisotopic (exact) mass is 179 g/mol. The molecule has 2 rings (SSSR count). The highest BCUT2D eigenvalue weighted by atomic mass is 16.2. The molecule has 0 N–H and O–H groups in total. The van der Waals surface area contributed by atoms with E-state index in [9.17, 15) is 4.79 Å². The minimum absolute atomic E-state index is 0.0133. The Morgan fingerprint density at radius 1 is 1.62 bits per heavy atom. The molecule has 1 fully saturated rings. The molecule has 1 aliphatic rings. The number of nitrogens with zero attached hydrogens (tertiary/aromatic N) is 3. The van der Waals surface area contributed by atoms with Crippen LogP contribution in [0, 0.1) is 5.92 Å². The fraction of sp³-hybridized carbons (Fsp3) is 0.667. The Kier molecular flexibility index (Phi) is 1.90. The first kappa shape index (κ1) is 8.41. The Hall–Kier alpha value is -1.19. The minimum atomic E-state index is -0.0197. The van der Waals surface area contributed by atoms with E-state index in [0.717, 1.165) is 5.82 Å². The lowest BCUT2D eigenvalue weighted by Gasteiger charge is -2.00. The first-order valence-electron chi connectivity index (χ1n) is 4.64. The normalized spacial score (nSPS) is 16.5. The van der Waals surface area contributed by atoms with Crippen LogP contribution in [0.15, 0.2) is 6.33 Å². The standard InChI is InChI=1S/C9H13N3O/c1-6(2)9(13)12-5-10-8(11-12)7-3-4-7/h5-7H,3-4H2,1-2H3. The van der Waals surface area contributed by atoms with Gasteiger partial charge in [0.25, 0.3) is 5.91 Å². The highest BCUT2D eigenvalue weighted by Gasteiger charge is 2.28. The second kappa shape index (κ2) is 2.94. The van der Waals surface area contributed by atoms with Crippen molar-refractivity contribution in [3.05, 3.63) is 12.2 Å². The predicted molar refractivity (Wildman–Crippen MR) is 47.5 cm³/mol. The second-order valence-corrected chi connectivity index (χ2v) is 3.81. The number of carbonyl (C=O) groups is 1. The maximum absolute atomic E-state index is 11.5. The van der Waals surface area contributed by atoms with Gasteiger partial charge in [0.15, 0.2) is 5.82 Å². The van der Waals surface area contributed by atoms with Crippen LogP contribution < -0.4 is 0 Å². The molecular formula is C9H13N3O.